The van der Waals surface area contributed by atoms with Crippen LogP contribution in [0.5, 0.6) is 0 Å². The molecule has 0 saturated heterocycles. The van der Waals surface area contributed by atoms with Gasteiger partial charge in [-0.25, -0.2) is 10.9 Å². The number of nitrogens with one attached hydrogen (secondary N) is 2. The molecule has 0 saturated carbocycles. The lowest BCUT2D eigenvalue weighted by molar-refractivity contribution is -0.138. The maximum Gasteiger partial charge on any atom is 0.291 e. The van der Waals surface area contributed by atoms with Gasteiger partial charge in [-0.1, -0.05) is 0 Å². The maximum absolute atomic E-state index is 11.4. The molecule has 0 unspecified atom stereocenters. The van der Waals surface area contributed by atoms with Gasteiger partial charge in [0.1, 0.15) is 5.71 Å². The smallest absolute Gasteiger partial charge is 0.273 e. The number of carbonyl (C=O) groups excluding carboxylic acids is 2. The van der Waals surface area contributed by atoms with Crippen molar-refractivity contribution in [3.8, 4) is 0 Å². The van der Waals surface area contributed by atoms with E-state index in [2.05, 4.69) is 16.0 Å². The summed E-state index contributed by atoms with van der Waals surface area (Å²) >= 11 is 0. The first-order chi connectivity index (χ1) is 6.88. The molecule has 1 heterocycles. The Morgan fingerprint density at radius 2 is 2.13 bits per heavy atom. The molecule has 0 fully saturated rings. The predicted molar refractivity (Wildman–Crippen MR) is 53.8 cm³/mol. The monoisotopic (exact) mass is 213 g/mol. The number of rotatable bonds is 2. The summed E-state index contributed by atoms with van der Waals surface area (Å²) in [4.78, 5) is 27.3. The van der Waals surface area contributed by atoms with Gasteiger partial charge in [0.05, 0.1) is 5.60 Å². The first kappa shape index (κ1) is 11.6. The van der Waals surface area contributed by atoms with Gasteiger partial charge in [-0.2, -0.15) is 5.10 Å². The zero-order chi connectivity index (χ0) is 11.5. The molecule has 1 aliphatic heterocycles. The molecule has 6 heteroatoms. The minimum atomic E-state index is -0.450. The maximum atomic E-state index is 11.4. The lowest BCUT2D eigenvalue weighted by atomic mass is 10.2. The van der Waals surface area contributed by atoms with Gasteiger partial charge in [0, 0.05) is 12.8 Å². The van der Waals surface area contributed by atoms with Crippen molar-refractivity contribution >= 4 is 17.5 Å². The fourth-order valence-corrected chi connectivity index (χ4v) is 0.896. The highest BCUT2D eigenvalue weighted by Crippen LogP contribution is 2.05. The Morgan fingerprint density at radius 3 is 2.60 bits per heavy atom. The number of amides is 2. The van der Waals surface area contributed by atoms with E-state index in [1.165, 1.54) is 0 Å². The minimum absolute atomic E-state index is 0.178. The zero-order valence-corrected chi connectivity index (χ0v) is 9.09. The van der Waals surface area contributed by atoms with Crippen molar-refractivity contribution in [3.63, 3.8) is 0 Å². The topological polar surface area (TPSA) is 79.8 Å². The molecule has 15 heavy (non-hydrogen) atoms. The molecule has 0 aliphatic carbocycles. The highest BCUT2D eigenvalue weighted by Gasteiger charge is 2.20. The van der Waals surface area contributed by atoms with Crippen LogP contribution in [0, 0.1) is 0 Å². The Labute approximate surface area is 88.0 Å². The standard InChI is InChI=1S/C9H15N3O3/c1-9(2,3)15-12-8(14)6-4-5-7(13)11-10-6/h4-5H2,1-3H3,(H,11,13)(H,12,14). The third-order valence-corrected chi connectivity index (χ3v) is 1.62. The van der Waals surface area contributed by atoms with Crippen LogP contribution in [0.3, 0.4) is 0 Å². The fraction of sp³-hybridized carbons (Fsp3) is 0.667. The molecule has 6 nitrogen and oxygen atoms in total. The van der Waals surface area contributed by atoms with E-state index in [4.69, 9.17) is 4.84 Å². The molecular formula is C9H15N3O3. The van der Waals surface area contributed by atoms with Crippen molar-refractivity contribution in [2.24, 2.45) is 5.10 Å². The van der Waals surface area contributed by atoms with Gasteiger partial charge in [-0.15, -0.1) is 0 Å². The quantitative estimate of drug-likeness (QED) is 0.638. The molecule has 0 aromatic rings. The van der Waals surface area contributed by atoms with Gasteiger partial charge in [0.25, 0.3) is 5.91 Å². The second-order valence-corrected chi connectivity index (χ2v) is 4.24. The van der Waals surface area contributed by atoms with Crippen LogP contribution in [0.4, 0.5) is 0 Å². The van der Waals surface area contributed by atoms with E-state index < -0.39 is 11.5 Å². The summed E-state index contributed by atoms with van der Waals surface area (Å²) in [5.41, 5.74) is 4.36. The first-order valence-corrected chi connectivity index (χ1v) is 4.72. The number of hydrazone groups is 1. The van der Waals surface area contributed by atoms with Crippen LogP contribution in [-0.2, 0) is 14.4 Å². The van der Waals surface area contributed by atoms with E-state index in [0.717, 1.165) is 0 Å². The lowest BCUT2D eigenvalue weighted by Gasteiger charge is -2.19. The van der Waals surface area contributed by atoms with Crippen LogP contribution < -0.4 is 10.9 Å². The average Bonchev–Trinajstić information content (AvgIpc) is 2.14. The van der Waals surface area contributed by atoms with Crippen LogP contribution in [0.1, 0.15) is 33.6 Å². The van der Waals surface area contributed by atoms with Gasteiger partial charge in [-0.05, 0) is 20.8 Å². The number of hydrogen-bond acceptors (Lipinski definition) is 4. The summed E-state index contributed by atoms with van der Waals surface area (Å²) in [5.74, 6) is -0.590. The minimum Gasteiger partial charge on any atom is -0.273 e. The van der Waals surface area contributed by atoms with Gasteiger partial charge in [-0.3, -0.25) is 14.4 Å². The van der Waals surface area contributed by atoms with Crippen LogP contribution in [0.15, 0.2) is 5.10 Å². The SMILES string of the molecule is CC(C)(C)ONC(=O)C1=NNC(=O)CC1. The van der Waals surface area contributed by atoms with Gasteiger partial charge >= 0.3 is 0 Å². The first-order valence-electron chi connectivity index (χ1n) is 4.72. The lowest BCUT2D eigenvalue weighted by Crippen LogP contribution is -2.40. The molecule has 84 valence electrons. The molecule has 0 bridgehead atoms. The van der Waals surface area contributed by atoms with Crippen molar-refractivity contribution in [1.29, 1.82) is 0 Å². The average molecular weight is 213 g/mol. The summed E-state index contributed by atoms with van der Waals surface area (Å²) in [7, 11) is 0. The zero-order valence-electron chi connectivity index (χ0n) is 9.09. The Bertz CT molecular complexity index is 304. The molecule has 1 aliphatic rings. The molecule has 2 amide bonds. The van der Waals surface area contributed by atoms with Crippen LogP contribution in [0.25, 0.3) is 0 Å². The van der Waals surface area contributed by atoms with E-state index in [1.807, 2.05) is 20.8 Å². The number of hydroxylamine groups is 1. The van der Waals surface area contributed by atoms with Gasteiger partial charge in [0.2, 0.25) is 5.91 Å². The van der Waals surface area contributed by atoms with E-state index in [1.54, 1.807) is 0 Å². The normalized spacial score (nSPS) is 16.7. The van der Waals surface area contributed by atoms with Crippen molar-refractivity contribution in [1.82, 2.24) is 10.9 Å². The molecule has 0 atom stereocenters. The highest BCUT2D eigenvalue weighted by molar-refractivity contribution is 6.39. The predicted octanol–water partition coefficient (Wildman–Crippen LogP) is 0.0987. The van der Waals surface area contributed by atoms with Crippen LogP contribution in [0.2, 0.25) is 0 Å². The number of carbonyl (C=O) groups is 2. The van der Waals surface area contributed by atoms with Crippen molar-refractivity contribution in [2.45, 2.75) is 39.2 Å². The summed E-state index contributed by atoms with van der Waals surface area (Å²) < 4.78 is 0. The second kappa shape index (κ2) is 4.39. The van der Waals surface area contributed by atoms with Crippen LogP contribution >= 0.6 is 0 Å². The van der Waals surface area contributed by atoms with E-state index in [-0.39, 0.29) is 18.0 Å². The van der Waals surface area contributed by atoms with E-state index in [0.29, 0.717) is 6.42 Å². The summed E-state index contributed by atoms with van der Waals surface area (Å²) in [6.07, 6.45) is 0.618. The van der Waals surface area contributed by atoms with Gasteiger partial charge < -0.3 is 0 Å². The Kier molecular flexibility index (Phi) is 3.41. The van der Waals surface area contributed by atoms with Crippen molar-refractivity contribution in [3.05, 3.63) is 0 Å². The largest absolute Gasteiger partial charge is 0.291 e. The molecular weight excluding hydrogens is 198 g/mol. The summed E-state index contributed by atoms with van der Waals surface area (Å²) in [5, 5.41) is 3.64. The van der Waals surface area contributed by atoms with Crippen LogP contribution in [-0.4, -0.2) is 23.1 Å². The molecule has 0 spiro atoms. The fourth-order valence-electron chi connectivity index (χ4n) is 0.896. The Hall–Kier alpha value is -1.43. The van der Waals surface area contributed by atoms with E-state index in [9.17, 15) is 9.59 Å². The molecule has 1 rings (SSSR count). The Morgan fingerprint density at radius 1 is 1.47 bits per heavy atom. The highest BCUT2D eigenvalue weighted by atomic mass is 16.7. The third-order valence-electron chi connectivity index (χ3n) is 1.62. The summed E-state index contributed by atoms with van der Waals surface area (Å²) in [6.45, 7) is 5.45. The Balaban J connectivity index is 2.44. The molecule has 2 N–H and O–H groups in total. The molecule has 0 aromatic heterocycles. The van der Waals surface area contributed by atoms with Crippen molar-refractivity contribution in [2.75, 3.05) is 0 Å². The van der Waals surface area contributed by atoms with Gasteiger partial charge in [0.15, 0.2) is 0 Å². The summed E-state index contributed by atoms with van der Waals surface area (Å²) in [6, 6.07) is 0. The molecule has 0 radical (unpaired) electrons. The third kappa shape index (κ3) is 4.07. The van der Waals surface area contributed by atoms with Crippen molar-refractivity contribution < 1.29 is 14.4 Å². The second-order valence-electron chi connectivity index (χ2n) is 4.24. The number of hydrogen-bond donors (Lipinski definition) is 2. The molecule has 0 aromatic carbocycles. The van der Waals surface area contributed by atoms with E-state index >= 15 is 0 Å². The number of nitrogens with zero attached hydrogens (tertiary/aromatic N) is 1.